The third-order valence-electron chi connectivity index (χ3n) is 2.87. The van der Waals surface area contributed by atoms with Crippen molar-refractivity contribution in [3.63, 3.8) is 0 Å². The van der Waals surface area contributed by atoms with Gasteiger partial charge in [-0.2, -0.15) is 0 Å². The molecule has 0 bridgehead atoms. The topological polar surface area (TPSA) is 46.6 Å². The van der Waals surface area contributed by atoms with Crippen molar-refractivity contribution in [1.29, 1.82) is 0 Å². The first-order valence-electron chi connectivity index (χ1n) is 6.22. The number of carbonyl (C=O) groups excluding carboxylic acids is 2. The monoisotopic (exact) mass is 241 g/mol. The molecular weight excluding hydrogens is 218 g/mol. The summed E-state index contributed by atoms with van der Waals surface area (Å²) in [5.41, 5.74) is -0.486. The molecule has 0 aromatic rings. The number of amides is 1. The molecule has 1 fully saturated rings. The van der Waals surface area contributed by atoms with Crippen LogP contribution in [-0.2, 0) is 9.53 Å². The maximum Gasteiger partial charge on any atom is 0.410 e. The van der Waals surface area contributed by atoms with E-state index in [2.05, 4.69) is 0 Å². The number of Topliss-reactive ketones (excluding diaryl/α,β-unsaturated/α-hetero) is 1. The summed E-state index contributed by atoms with van der Waals surface area (Å²) in [6.45, 7) is 10.1. The molecule has 0 aromatic carbocycles. The highest BCUT2D eigenvalue weighted by atomic mass is 16.6. The van der Waals surface area contributed by atoms with E-state index >= 15 is 0 Å². The molecule has 98 valence electrons. The van der Waals surface area contributed by atoms with Gasteiger partial charge < -0.3 is 9.64 Å². The fourth-order valence-electron chi connectivity index (χ4n) is 2.00. The molecule has 0 aliphatic carbocycles. The molecule has 1 atom stereocenters. The molecular formula is C13H23NO3. The van der Waals surface area contributed by atoms with E-state index in [-0.39, 0.29) is 23.8 Å². The van der Waals surface area contributed by atoms with Gasteiger partial charge in [-0.05, 0) is 26.7 Å². The van der Waals surface area contributed by atoms with Gasteiger partial charge in [0.1, 0.15) is 11.4 Å². The molecule has 1 aliphatic heterocycles. The van der Waals surface area contributed by atoms with Crippen molar-refractivity contribution < 1.29 is 14.3 Å². The number of rotatable bonds is 1. The van der Waals surface area contributed by atoms with Crippen LogP contribution in [0.1, 0.15) is 47.5 Å². The summed E-state index contributed by atoms with van der Waals surface area (Å²) < 4.78 is 5.37. The normalized spacial score (nSPS) is 21.9. The van der Waals surface area contributed by atoms with Crippen molar-refractivity contribution in [3.05, 3.63) is 0 Å². The van der Waals surface area contributed by atoms with Crippen LogP contribution in [0.2, 0.25) is 0 Å². The number of ketones is 1. The Balaban J connectivity index is 2.73. The molecule has 1 saturated heterocycles. The molecule has 17 heavy (non-hydrogen) atoms. The van der Waals surface area contributed by atoms with Gasteiger partial charge in [-0.1, -0.05) is 13.8 Å². The van der Waals surface area contributed by atoms with Gasteiger partial charge in [0.25, 0.3) is 0 Å². The van der Waals surface area contributed by atoms with Gasteiger partial charge in [-0.25, -0.2) is 4.79 Å². The Morgan fingerprint density at radius 2 is 2.00 bits per heavy atom. The van der Waals surface area contributed by atoms with E-state index in [1.54, 1.807) is 4.90 Å². The van der Waals surface area contributed by atoms with Crippen molar-refractivity contribution in [2.45, 2.75) is 59.1 Å². The average molecular weight is 241 g/mol. The van der Waals surface area contributed by atoms with Crippen molar-refractivity contribution in [2.75, 3.05) is 6.54 Å². The first-order valence-corrected chi connectivity index (χ1v) is 6.22. The third kappa shape index (κ3) is 4.02. The smallest absolute Gasteiger partial charge is 0.410 e. The second-order valence-corrected chi connectivity index (χ2v) is 5.98. The van der Waals surface area contributed by atoms with Gasteiger partial charge in [0.2, 0.25) is 0 Å². The molecule has 4 nitrogen and oxygen atoms in total. The van der Waals surface area contributed by atoms with Crippen LogP contribution in [0.3, 0.4) is 0 Å². The van der Waals surface area contributed by atoms with Crippen LogP contribution in [0, 0.1) is 5.92 Å². The minimum Gasteiger partial charge on any atom is -0.444 e. The number of carbonyl (C=O) groups is 2. The van der Waals surface area contributed by atoms with E-state index in [1.807, 2.05) is 34.6 Å². The van der Waals surface area contributed by atoms with E-state index in [9.17, 15) is 9.59 Å². The Morgan fingerprint density at radius 1 is 1.41 bits per heavy atom. The average Bonchev–Trinajstić information content (AvgIpc) is 2.14. The molecule has 1 aliphatic rings. The van der Waals surface area contributed by atoms with Gasteiger partial charge >= 0.3 is 6.09 Å². The van der Waals surface area contributed by atoms with Crippen LogP contribution in [0.15, 0.2) is 0 Å². The number of nitrogens with zero attached hydrogens (tertiary/aromatic N) is 1. The minimum atomic E-state index is -0.486. The molecule has 1 unspecified atom stereocenters. The quantitative estimate of drug-likeness (QED) is 0.709. The fourth-order valence-corrected chi connectivity index (χ4v) is 2.00. The van der Waals surface area contributed by atoms with Gasteiger partial charge in [-0.15, -0.1) is 0 Å². The summed E-state index contributed by atoms with van der Waals surface area (Å²) >= 11 is 0. The van der Waals surface area contributed by atoms with E-state index in [0.29, 0.717) is 19.4 Å². The summed E-state index contributed by atoms with van der Waals surface area (Å²) in [4.78, 5) is 25.2. The third-order valence-corrected chi connectivity index (χ3v) is 2.87. The molecule has 0 N–H and O–H groups in total. The predicted molar refractivity (Wildman–Crippen MR) is 65.8 cm³/mol. The summed E-state index contributed by atoms with van der Waals surface area (Å²) in [5, 5.41) is 0. The van der Waals surface area contributed by atoms with E-state index in [4.69, 9.17) is 4.74 Å². The zero-order chi connectivity index (χ0) is 13.2. The lowest BCUT2D eigenvalue weighted by atomic mass is 9.92. The maximum atomic E-state index is 12.0. The second kappa shape index (κ2) is 5.07. The first-order chi connectivity index (χ1) is 7.70. The Kier molecular flexibility index (Phi) is 4.17. The molecule has 0 aromatic heterocycles. The number of piperidine rings is 1. The largest absolute Gasteiger partial charge is 0.444 e. The highest BCUT2D eigenvalue weighted by molar-refractivity contribution is 5.82. The van der Waals surface area contributed by atoms with Crippen molar-refractivity contribution >= 4 is 11.9 Å². The summed E-state index contributed by atoms with van der Waals surface area (Å²) in [7, 11) is 0. The Hall–Kier alpha value is -1.06. The van der Waals surface area contributed by atoms with Crippen molar-refractivity contribution in [2.24, 2.45) is 5.92 Å². The first kappa shape index (κ1) is 14.0. The van der Waals surface area contributed by atoms with Gasteiger partial charge in [0, 0.05) is 25.4 Å². The highest BCUT2D eigenvalue weighted by Gasteiger charge is 2.34. The van der Waals surface area contributed by atoms with Crippen LogP contribution >= 0.6 is 0 Å². The maximum absolute atomic E-state index is 12.0. The number of ether oxygens (including phenoxy) is 1. The van der Waals surface area contributed by atoms with Gasteiger partial charge in [0.05, 0.1) is 0 Å². The molecule has 0 saturated carbocycles. The van der Waals surface area contributed by atoms with Crippen LogP contribution < -0.4 is 0 Å². The summed E-state index contributed by atoms with van der Waals surface area (Å²) in [5.74, 6) is 0.510. The molecule has 0 spiro atoms. The number of hydrogen-bond acceptors (Lipinski definition) is 3. The van der Waals surface area contributed by atoms with E-state index < -0.39 is 5.60 Å². The highest BCUT2D eigenvalue weighted by Crippen LogP contribution is 2.23. The molecule has 1 heterocycles. The van der Waals surface area contributed by atoms with Crippen LogP contribution in [0.5, 0.6) is 0 Å². The lowest BCUT2D eigenvalue weighted by Gasteiger charge is -2.38. The van der Waals surface area contributed by atoms with Crippen LogP contribution in [0.4, 0.5) is 4.79 Å². The molecule has 0 radical (unpaired) electrons. The van der Waals surface area contributed by atoms with E-state index in [1.165, 1.54) is 0 Å². The number of likely N-dealkylation sites (tertiary alicyclic amines) is 1. The van der Waals surface area contributed by atoms with Crippen LogP contribution in [0.25, 0.3) is 0 Å². The molecule has 1 amide bonds. The van der Waals surface area contributed by atoms with Gasteiger partial charge in [0.15, 0.2) is 0 Å². The second-order valence-electron chi connectivity index (χ2n) is 5.98. The van der Waals surface area contributed by atoms with Crippen molar-refractivity contribution in [3.8, 4) is 0 Å². The van der Waals surface area contributed by atoms with Crippen LogP contribution in [-0.4, -0.2) is 35.0 Å². The SMILES string of the molecule is CC(C)C1CC(=O)CCN1C(=O)OC(C)(C)C. The summed E-state index contributed by atoms with van der Waals surface area (Å²) in [6.07, 6.45) is 0.600. The Bertz CT molecular complexity index is 304. The summed E-state index contributed by atoms with van der Waals surface area (Å²) in [6, 6.07) is -0.0221. The zero-order valence-electron chi connectivity index (χ0n) is 11.4. The van der Waals surface area contributed by atoms with Gasteiger partial charge in [-0.3, -0.25) is 4.79 Å². The molecule has 1 rings (SSSR count). The zero-order valence-corrected chi connectivity index (χ0v) is 11.4. The lowest BCUT2D eigenvalue weighted by molar-refractivity contribution is -0.123. The minimum absolute atomic E-state index is 0.0221. The standard InChI is InChI=1S/C13H23NO3/c1-9(2)11-8-10(15)6-7-14(11)12(16)17-13(3,4)5/h9,11H,6-8H2,1-5H3. The van der Waals surface area contributed by atoms with E-state index in [0.717, 1.165) is 0 Å². The van der Waals surface area contributed by atoms with Crippen molar-refractivity contribution in [1.82, 2.24) is 4.90 Å². The predicted octanol–water partition coefficient (Wildman–Crippen LogP) is 2.61. The Labute approximate surface area is 103 Å². The number of hydrogen-bond donors (Lipinski definition) is 0. The molecule has 4 heteroatoms. The lowest BCUT2D eigenvalue weighted by Crippen LogP contribution is -2.50. The fraction of sp³-hybridized carbons (Fsp3) is 0.846. The Morgan fingerprint density at radius 3 is 2.47 bits per heavy atom.